The van der Waals surface area contributed by atoms with Gasteiger partial charge in [0.2, 0.25) is 10.0 Å². The van der Waals surface area contributed by atoms with Crippen molar-refractivity contribution in [3.63, 3.8) is 0 Å². The zero-order valence-electron chi connectivity index (χ0n) is 13.9. The van der Waals surface area contributed by atoms with E-state index >= 15 is 0 Å². The first kappa shape index (κ1) is 18.0. The van der Waals surface area contributed by atoms with Crippen molar-refractivity contribution in [2.24, 2.45) is 0 Å². The van der Waals surface area contributed by atoms with Gasteiger partial charge in [0.15, 0.2) is 0 Å². The van der Waals surface area contributed by atoms with Crippen LogP contribution in [-0.4, -0.2) is 20.6 Å². The maximum atomic E-state index is 12.3. The SMILES string of the molecule is CCCCc1ccc(NC(=O)c2cccc(NS(C)(=O)=O)c2)cc1. The number of unbranched alkanes of at least 4 members (excludes halogenated alkanes) is 1. The summed E-state index contributed by atoms with van der Waals surface area (Å²) in [5.74, 6) is -0.284. The molecule has 6 heteroatoms. The minimum absolute atomic E-state index is 0.284. The average Bonchev–Trinajstić information content (AvgIpc) is 2.53. The molecule has 5 nitrogen and oxygen atoms in total. The van der Waals surface area contributed by atoms with Crippen molar-refractivity contribution in [1.29, 1.82) is 0 Å². The summed E-state index contributed by atoms with van der Waals surface area (Å²) in [5, 5.41) is 2.82. The Hall–Kier alpha value is -2.34. The Morgan fingerprint density at radius 2 is 1.75 bits per heavy atom. The lowest BCUT2D eigenvalue weighted by Gasteiger charge is -2.09. The molecule has 0 aliphatic rings. The fraction of sp³-hybridized carbons (Fsp3) is 0.278. The highest BCUT2D eigenvalue weighted by Crippen LogP contribution is 2.16. The zero-order chi connectivity index (χ0) is 17.6. The Labute approximate surface area is 143 Å². The third kappa shape index (κ3) is 5.70. The number of aryl methyl sites for hydroxylation is 1. The molecule has 0 aliphatic carbocycles. The fourth-order valence-electron chi connectivity index (χ4n) is 2.28. The van der Waals surface area contributed by atoms with Crippen LogP contribution in [-0.2, 0) is 16.4 Å². The molecule has 0 radical (unpaired) electrons. The molecular formula is C18H22N2O3S. The number of hydrogen-bond acceptors (Lipinski definition) is 3. The van der Waals surface area contributed by atoms with E-state index in [9.17, 15) is 13.2 Å². The van der Waals surface area contributed by atoms with Crippen molar-refractivity contribution in [2.45, 2.75) is 26.2 Å². The minimum atomic E-state index is -3.37. The van der Waals surface area contributed by atoms with Crippen molar-refractivity contribution >= 4 is 27.3 Å². The van der Waals surface area contributed by atoms with Gasteiger partial charge in [0, 0.05) is 16.9 Å². The Kier molecular flexibility index (Phi) is 5.98. The summed E-state index contributed by atoms with van der Waals surface area (Å²) in [7, 11) is -3.37. The second-order valence-electron chi connectivity index (χ2n) is 5.71. The van der Waals surface area contributed by atoms with Crippen LogP contribution in [0.15, 0.2) is 48.5 Å². The number of rotatable bonds is 7. The molecule has 1 amide bonds. The van der Waals surface area contributed by atoms with Gasteiger partial charge in [-0.05, 0) is 48.7 Å². The average molecular weight is 346 g/mol. The van der Waals surface area contributed by atoms with E-state index in [2.05, 4.69) is 17.0 Å². The summed E-state index contributed by atoms with van der Waals surface area (Å²) in [5.41, 5.74) is 2.70. The van der Waals surface area contributed by atoms with Gasteiger partial charge in [0.05, 0.1) is 6.26 Å². The Morgan fingerprint density at radius 1 is 1.04 bits per heavy atom. The first-order valence-corrected chi connectivity index (χ1v) is 9.74. The van der Waals surface area contributed by atoms with E-state index in [1.807, 2.05) is 24.3 Å². The van der Waals surface area contributed by atoms with Gasteiger partial charge >= 0.3 is 0 Å². The Bertz CT molecular complexity index is 799. The second kappa shape index (κ2) is 7.97. The van der Waals surface area contributed by atoms with E-state index in [1.165, 1.54) is 11.6 Å². The van der Waals surface area contributed by atoms with Crippen molar-refractivity contribution in [3.05, 3.63) is 59.7 Å². The first-order chi connectivity index (χ1) is 11.4. The number of carbonyl (C=O) groups is 1. The molecule has 2 aromatic rings. The van der Waals surface area contributed by atoms with E-state index < -0.39 is 10.0 Å². The van der Waals surface area contributed by atoms with Gasteiger partial charge in [0.25, 0.3) is 5.91 Å². The van der Waals surface area contributed by atoms with Crippen LogP contribution in [0.3, 0.4) is 0 Å². The molecule has 0 unspecified atom stereocenters. The lowest BCUT2D eigenvalue weighted by Crippen LogP contribution is -2.13. The number of amides is 1. The Morgan fingerprint density at radius 3 is 2.38 bits per heavy atom. The van der Waals surface area contributed by atoms with E-state index in [4.69, 9.17) is 0 Å². The third-order valence-electron chi connectivity index (χ3n) is 3.46. The van der Waals surface area contributed by atoms with Gasteiger partial charge in [-0.3, -0.25) is 9.52 Å². The number of sulfonamides is 1. The molecule has 0 aromatic heterocycles. The summed E-state index contributed by atoms with van der Waals surface area (Å²) < 4.78 is 24.9. The van der Waals surface area contributed by atoms with Gasteiger partial charge in [-0.1, -0.05) is 31.5 Å². The molecule has 0 aliphatic heterocycles. The van der Waals surface area contributed by atoms with Crippen LogP contribution >= 0.6 is 0 Å². The van der Waals surface area contributed by atoms with E-state index in [0.717, 1.165) is 25.5 Å². The van der Waals surface area contributed by atoms with Gasteiger partial charge in [-0.15, -0.1) is 0 Å². The predicted molar refractivity (Wildman–Crippen MR) is 97.9 cm³/mol. The van der Waals surface area contributed by atoms with Crippen LogP contribution < -0.4 is 10.0 Å². The minimum Gasteiger partial charge on any atom is -0.322 e. The molecule has 0 saturated heterocycles. The highest BCUT2D eigenvalue weighted by Gasteiger charge is 2.09. The topological polar surface area (TPSA) is 75.3 Å². The number of hydrogen-bond donors (Lipinski definition) is 2. The lowest BCUT2D eigenvalue weighted by molar-refractivity contribution is 0.102. The number of anilines is 2. The molecular weight excluding hydrogens is 324 g/mol. The molecule has 0 spiro atoms. The molecule has 2 N–H and O–H groups in total. The smallest absolute Gasteiger partial charge is 0.255 e. The van der Waals surface area contributed by atoms with Crippen molar-refractivity contribution in [1.82, 2.24) is 0 Å². The van der Waals surface area contributed by atoms with Gasteiger partial charge in [0.1, 0.15) is 0 Å². The van der Waals surface area contributed by atoms with Crippen LogP contribution in [0, 0.1) is 0 Å². The first-order valence-electron chi connectivity index (χ1n) is 7.85. The highest BCUT2D eigenvalue weighted by molar-refractivity contribution is 7.92. The fourth-order valence-corrected chi connectivity index (χ4v) is 2.83. The van der Waals surface area contributed by atoms with Crippen LogP contribution in [0.5, 0.6) is 0 Å². The number of nitrogens with one attached hydrogen (secondary N) is 2. The van der Waals surface area contributed by atoms with Crippen molar-refractivity contribution in [2.75, 3.05) is 16.3 Å². The lowest BCUT2D eigenvalue weighted by atomic mass is 10.1. The molecule has 24 heavy (non-hydrogen) atoms. The van der Waals surface area contributed by atoms with E-state index in [-0.39, 0.29) is 5.91 Å². The second-order valence-corrected chi connectivity index (χ2v) is 7.46. The van der Waals surface area contributed by atoms with Gasteiger partial charge in [-0.2, -0.15) is 0 Å². The van der Waals surface area contributed by atoms with Crippen molar-refractivity contribution < 1.29 is 13.2 Å². The normalized spacial score (nSPS) is 11.1. The maximum Gasteiger partial charge on any atom is 0.255 e. The Balaban J connectivity index is 2.05. The third-order valence-corrected chi connectivity index (χ3v) is 4.07. The predicted octanol–water partition coefficient (Wildman–Crippen LogP) is 3.65. The highest BCUT2D eigenvalue weighted by atomic mass is 32.2. The van der Waals surface area contributed by atoms with Crippen LogP contribution in [0.4, 0.5) is 11.4 Å². The molecule has 0 saturated carbocycles. The van der Waals surface area contributed by atoms with E-state index in [0.29, 0.717) is 16.9 Å². The molecule has 0 heterocycles. The van der Waals surface area contributed by atoms with Gasteiger partial charge in [-0.25, -0.2) is 8.42 Å². The monoisotopic (exact) mass is 346 g/mol. The molecule has 0 fully saturated rings. The van der Waals surface area contributed by atoms with Crippen LogP contribution in [0.1, 0.15) is 35.7 Å². The summed E-state index contributed by atoms with van der Waals surface area (Å²) in [4.78, 5) is 12.3. The van der Waals surface area contributed by atoms with Crippen LogP contribution in [0.2, 0.25) is 0 Å². The number of carbonyl (C=O) groups excluding carboxylic acids is 1. The summed E-state index contributed by atoms with van der Waals surface area (Å²) in [6.45, 7) is 2.15. The molecule has 2 aromatic carbocycles. The number of benzene rings is 2. The van der Waals surface area contributed by atoms with Gasteiger partial charge < -0.3 is 5.32 Å². The quantitative estimate of drug-likeness (QED) is 0.803. The summed E-state index contributed by atoms with van der Waals surface area (Å²) in [6, 6.07) is 14.1. The molecule has 0 bridgehead atoms. The molecule has 128 valence electrons. The zero-order valence-corrected chi connectivity index (χ0v) is 14.7. The van der Waals surface area contributed by atoms with Crippen molar-refractivity contribution in [3.8, 4) is 0 Å². The van der Waals surface area contributed by atoms with Crippen LogP contribution in [0.25, 0.3) is 0 Å². The van der Waals surface area contributed by atoms with E-state index in [1.54, 1.807) is 18.2 Å². The summed E-state index contributed by atoms with van der Waals surface area (Å²) >= 11 is 0. The molecule has 2 rings (SSSR count). The maximum absolute atomic E-state index is 12.3. The largest absolute Gasteiger partial charge is 0.322 e. The summed E-state index contributed by atoms with van der Waals surface area (Å²) in [6.07, 6.45) is 4.39. The molecule has 0 atom stereocenters. The standard InChI is InChI=1S/C18H22N2O3S/c1-3-4-6-14-9-11-16(12-10-14)19-18(21)15-7-5-8-17(13-15)20-24(2,22)23/h5,7-13,20H,3-4,6H2,1-2H3,(H,19,21).